The van der Waals surface area contributed by atoms with Crippen molar-refractivity contribution in [3.63, 3.8) is 0 Å². The van der Waals surface area contributed by atoms with Gasteiger partial charge in [-0.3, -0.25) is 0 Å². The SMILES string of the molecule is CCC(C)S/C=C(\N)CC(C)(C)C. The molecule has 0 heterocycles. The van der Waals surface area contributed by atoms with Crippen molar-refractivity contribution >= 4 is 11.8 Å². The van der Waals surface area contributed by atoms with Crippen molar-refractivity contribution in [2.75, 3.05) is 0 Å². The summed E-state index contributed by atoms with van der Waals surface area (Å²) in [6.07, 6.45) is 2.18. The molecule has 0 spiro atoms. The number of hydrogen-bond acceptors (Lipinski definition) is 2. The van der Waals surface area contributed by atoms with Crippen molar-refractivity contribution in [1.82, 2.24) is 0 Å². The van der Waals surface area contributed by atoms with Gasteiger partial charge in [-0.1, -0.05) is 34.6 Å². The van der Waals surface area contributed by atoms with Gasteiger partial charge in [0.1, 0.15) is 0 Å². The van der Waals surface area contributed by atoms with E-state index < -0.39 is 0 Å². The van der Waals surface area contributed by atoms with E-state index in [1.54, 1.807) is 0 Å². The molecule has 0 aromatic rings. The zero-order valence-corrected chi connectivity index (χ0v) is 10.4. The van der Waals surface area contributed by atoms with Crippen LogP contribution < -0.4 is 5.73 Å². The normalized spacial score (nSPS) is 15.9. The predicted molar refractivity (Wildman–Crippen MR) is 63.7 cm³/mol. The molecule has 0 aromatic carbocycles. The summed E-state index contributed by atoms with van der Waals surface area (Å²) in [5.41, 5.74) is 7.22. The maximum absolute atomic E-state index is 5.90. The molecule has 0 fully saturated rings. The molecule has 1 atom stereocenters. The molecule has 2 N–H and O–H groups in total. The Morgan fingerprint density at radius 2 is 2.00 bits per heavy atom. The summed E-state index contributed by atoms with van der Waals surface area (Å²) in [6, 6.07) is 0. The first-order chi connectivity index (χ1) is 5.85. The minimum atomic E-state index is 0.302. The molecule has 1 nitrogen and oxygen atoms in total. The molecule has 0 aliphatic carbocycles. The van der Waals surface area contributed by atoms with Crippen LogP contribution in [0.25, 0.3) is 0 Å². The topological polar surface area (TPSA) is 26.0 Å². The first kappa shape index (κ1) is 12.9. The molecule has 2 heteroatoms. The van der Waals surface area contributed by atoms with Gasteiger partial charge in [-0.2, -0.15) is 0 Å². The van der Waals surface area contributed by atoms with E-state index in [1.807, 2.05) is 11.8 Å². The van der Waals surface area contributed by atoms with Crippen LogP contribution in [-0.4, -0.2) is 5.25 Å². The Morgan fingerprint density at radius 1 is 1.46 bits per heavy atom. The molecular weight excluding hydrogens is 178 g/mol. The van der Waals surface area contributed by atoms with Gasteiger partial charge in [0.15, 0.2) is 0 Å². The fourth-order valence-electron chi connectivity index (χ4n) is 0.954. The molecule has 0 bridgehead atoms. The fraction of sp³-hybridized carbons (Fsp3) is 0.818. The molecule has 0 rings (SSSR count). The molecule has 0 saturated heterocycles. The highest BCUT2D eigenvalue weighted by atomic mass is 32.2. The van der Waals surface area contributed by atoms with Crippen LogP contribution >= 0.6 is 11.8 Å². The molecule has 1 unspecified atom stereocenters. The van der Waals surface area contributed by atoms with Crippen molar-refractivity contribution in [1.29, 1.82) is 0 Å². The number of rotatable bonds is 4. The van der Waals surface area contributed by atoms with E-state index in [0.29, 0.717) is 10.7 Å². The van der Waals surface area contributed by atoms with Crippen molar-refractivity contribution in [3.05, 3.63) is 11.1 Å². The molecule has 0 radical (unpaired) electrons. The second-order valence-electron chi connectivity index (χ2n) is 4.79. The Hall–Kier alpha value is -0.110. The highest BCUT2D eigenvalue weighted by Crippen LogP contribution is 2.24. The average Bonchev–Trinajstić information content (AvgIpc) is 1.97. The van der Waals surface area contributed by atoms with Crippen molar-refractivity contribution in [2.45, 2.75) is 52.7 Å². The number of nitrogens with two attached hydrogens (primary N) is 1. The van der Waals surface area contributed by atoms with Gasteiger partial charge in [-0.05, 0) is 23.7 Å². The van der Waals surface area contributed by atoms with Crippen LogP contribution in [0.5, 0.6) is 0 Å². The second kappa shape index (κ2) is 5.58. The summed E-state index contributed by atoms with van der Waals surface area (Å²) in [5.74, 6) is 0. The monoisotopic (exact) mass is 201 g/mol. The van der Waals surface area contributed by atoms with Gasteiger partial charge in [-0.15, -0.1) is 11.8 Å². The second-order valence-corrected chi connectivity index (χ2v) is 6.10. The van der Waals surface area contributed by atoms with Crippen LogP contribution in [0.3, 0.4) is 0 Å². The van der Waals surface area contributed by atoms with Crippen LogP contribution in [0.2, 0.25) is 0 Å². The van der Waals surface area contributed by atoms with Crippen LogP contribution in [0, 0.1) is 5.41 Å². The first-order valence-corrected chi connectivity index (χ1v) is 5.89. The van der Waals surface area contributed by atoms with Gasteiger partial charge in [0, 0.05) is 10.9 Å². The van der Waals surface area contributed by atoms with E-state index in [2.05, 4.69) is 40.0 Å². The van der Waals surface area contributed by atoms with Crippen molar-refractivity contribution in [2.24, 2.45) is 11.1 Å². The van der Waals surface area contributed by atoms with E-state index in [-0.39, 0.29) is 0 Å². The molecule has 0 aliphatic heterocycles. The third-order valence-electron chi connectivity index (χ3n) is 1.76. The fourth-order valence-corrected chi connectivity index (χ4v) is 1.64. The van der Waals surface area contributed by atoms with E-state index >= 15 is 0 Å². The summed E-state index contributed by atoms with van der Waals surface area (Å²) in [4.78, 5) is 0. The van der Waals surface area contributed by atoms with E-state index in [4.69, 9.17) is 5.73 Å². The molecular formula is C11H23NS. The Bertz CT molecular complexity index is 167. The summed E-state index contributed by atoms with van der Waals surface area (Å²) < 4.78 is 0. The van der Waals surface area contributed by atoms with Crippen LogP contribution in [0.15, 0.2) is 11.1 Å². The molecule has 78 valence electrons. The van der Waals surface area contributed by atoms with Crippen LogP contribution in [0.1, 0.15) is 47.5 Å². The predicted octanol–water partition coefficient (Wildman–Crippen LogP) is 3.75. The minimum Gasteiger partial charge on any atom is -0.402 e. The Kier molecular flexibility index (Phi) is 5.54. The quantitative estimate of drug-likeness (QED) is 0.749. The smallest absolute Gasteiger partial charge is 0.0150 e. The lowest BCUT2D eigenvalue weighted by Crippen LogP contribution is -2.11. The third-order valence-corrected chi connectivity index (χ3v) is 3.00. The first-order valence-electron chi connectivity index (χ1n) is 4.95. The summed E-state index contributed by atoms with van der Waals surface area (Å²) >= 11 is 1.84. The molecule has 0 aromatic heterocycles. The van der Waals surface area contributed by atoms with Gasteiger partial charge >= 0.3 is 0 Å². The minimum absolute atomic E-state index is 0.302. The standard InChI is InChI=1S/C11H23NS/c1-6-9(2)13-8-10(12)7-11(3,4)5/h8-9H,6-7,12H2,1-5H3/b10-8-. The summed E-state index contributed by atoms with van der Waals surface area (Å²) in [5, 5.41) is 2.79. The van der Waals surface area contributed by atoms with Crippen LogP contribution in [-0.2, 0) is 0 Å². The molecule has 13 heavy (non-hydrogen) atoms. The van der Waals surface area contributed by atoms with Crippen LogP contribution in [0.4, 0.5) is 0 Å². The van der Waals surface area contributed by atoms with Gasteiger partial charge in [0.2, 0.25) is 0 Å². The summed E-state index contributed by atoms with van der Waals surface area (Å²) in [7, 11) is 0. The van der Waals surface area contributed by atoms with Gasteiger partial charge in [0.05, 0.1) is 0 Å². The largest absolute Gasteiger partial charge is 0.402 e. The third kappa shape index (κ3) is 8.23. The number of allylic oxidation sites excluding steroid dienone is 1. The van der Waals surface area contributed by atoms with E-state index in [1.165, 1.54) is 6.42 Å². The van der Waals surface area contributed by atoms with Crippen molar-refractivity contribution in [3.8, 4) is 0 Å². The lowest BCUT2D eigenvalue weighted by atomic mass is 9.91. The average molecular weight is 201 g/mol. The number of thioether (sulfide) groups is 1. The van der Waals surface area contributed by atoms with Crippen molar-refractivity contribution < 1.29 is 0 Å². The molecule has 0 amide bonds. The zero-order valence-electron chi connectivity index (χ0n) is 9.55. The van der Waals surface area contributed by atoms with E-state index in [0.717, 1.165) is 12.1 Å². The zero-order chi connectivity index (χ0) is 10.5. The number of hydrogen-bond donors (Lipinski definition) is 1. The maximum atomic E-state index is 5.90. The van der Waals surface area contributed by atoms with Gasteiger partial charge in [0.25, 0.3) is 0 Å². The maximum Gasteiger partial charge on any atom is 0.0150 e. The Balaban J connectivity index is 3.89. The molecule has 0 aliphatic rings. The van der Waals surface area contributed by atoms with Gasteiger partial charge < -0.3 is 5.73 Å². The lowest BCUT2D eigenvalue weighted by molar-refractivity contribution is 0.408. The highest BCUT2D eigenvalue weighted by molar-refractivity contribution is 8.02. The lowest BCUT2D eigenvalue weighted by Gasteiger charge is -2.18. The Labute approximate surface area is 87.2 Å². The van der Waals surface area contributed by atoms with Gasteiger partial charge in [-0.25, -0.2) is 0 Å². The highest BCUT2D eigenvalue weighted by Gasteiger charge is 2.11. The van der Waals surface area contributed by atoms with E-state index in [9.17, 15) is 0 Å². The molecule has 0 saturated carbocycles. The Morgan fingerprint density at radius 3 is 2.38 bits per heavy atom. The summed E-state index contributed by atoms with van der Waals surface area (Å²) in [6.45, 7) is 11.1.